The van der Waals surface area contributed by atoms with Gasteiger partial charge in [-0.1, -0.05) is 40.0 Å². The first-order valence-corrected chi connectivity index (χ1v) is 5.00. The molecule has 0 amide bonds. The van der Waals surface area contributed by atoms with Crippen molar-refractivity contribution in [2.75, 3.05) is 0 Å². The summed E-state index contributed by atoms with van der Waals surface area (Å²) in [4.78, 5) is 14.3. The van der Waals surface area contributed by atoms with E-state index in [4.69, 9.17) is 0 Å². The Bertz CT molecular complexity index is 348. The number of nitro groups is 1. The molecule has 0 saturated heterocycles. The molecule has 84 valence electrons. The SMILES string of the molecule is C.CC(C)(C)Sc1ncccc1[N+](=O)[O-]. The molecular formula is C10H16N2O2S. The van der Waals surface area contributed by atoms with Crippen LogP contribution in [0.2, 0.25) is 0 Å². The van der Waals surface area contributed by atoms with Gasteiger partial charge in [0.25, 0.3) is 0 Å². The van der Waals surface area contributed by atoms with E-state index in [9.17, 15) is 10.1 Å². The van der Waals surface area contributed by atoms with Crippen LogP contribution in [0.1, 0.15) is 28.2 Å². The smallest absolute Gasteiger partial charge is 0.258 e. The molecule has 0 atom stereocenters. The molecule has 0 aliphatic carbocycles. The van der Waals surface area contributed by atoms with Crippen LogP contribution >= 0.6 is 11.8 Å². The van der Waals surface area contributed by atoms with E-state index in [-0.39, 0.29) is 17.9 Å². The van der Waals surface area contributed by atoms with Crippen LogP contribution in [0.15, 0.2) is 23.4 Å². The maximum absolute atomic E-state index is 10.7. The van der Waals surface area contributed by atoms with Crippen LogP contribution in [0.25, 0.3) is 0 Å². The first-order valence-electron chi connectivity index (χ1n) is 4.18. The summed E-state index contributed by atoms with van der Waals surface area (Å²) in [6, 6.07) is 3.05. The van der Waals surface area contributed by atoms with Crippen molar-refractivity contribution in [3.63, 3.8) is 0 Å². The highest BCUT2D eigenvalue weighted by Gasteiger charge is 2.21. The van der Waals surface area contributed by atoms with Crippen LogP contribution in [-0.4, -0.2) is 14.7 Å². The Balaban J connectivity index is 0.00000196. The van der Waals surface area contributed by atoms with E-state index in [1.54, 1.807) is 12.3 Å². The molecule has 0 radical (unpaired) electrons. The Hall–Kier alpha value is -1.10. The lowest BCUT2D eigenvalue weighted by atomic mass is 10.3. The third kappa shape index (κ3) is 4.29. The second kappa shape index (κ2) is 5.11. The largest absolute Gasteiger partial charge is 0.301 e. The molecule has 4 nitrogen and oxygen atoms in total. The molecule has 15 heavy (non-hydrogen) atoms. The quantitative estimate of drug-likeness (QED) is 0.441. The number of hydrogen-bond donors (Lipinski definition) is 0. The third-order valence-corrected chi connectivity index (χ3v) is 2.47. The van der Waals surface area contributed by atoms with E-state index in [0.29, 0.717) is 5.03 Å². The summed E-state index contributed by atoms with van der Waals surface area (Å²) in [7, 11) is 0. The molecule has 0 aliphatic heterocycles. The fourth-order valence-corrected chi connectivity index (χ4v) is 1.83. The maximum atomic E-state index is 10.7. The van der Waals surface area contributed by atoms with Gasteiger partial charge in [0, 0.05) is 17.0 Å². The summed E-state index contributed by atoms with van der Waals surface area (Å²) in [5.74, 6) is 0. The van der Waals surface area contributed by atoms with Gasteiger partial charge in [0.1, 0.15) is 0 Å². The fourth-order valence-electron chi connectivity index (χ4n) is 0.890. The fraction of sp³-hybridized carbons (Fsp3) is 0.500. The number of thioether (sulfide) groups is 1. The lowest BCUT2D eigenvalue weighted by Crippen LogP contribution is -2.08. The monoisotopic (exact) mass is 228 g/mol. The maximum Gasteiger partial charge on any atom is 0.301 e. The standard InChI is InChI=1S/C9H12N2O2S.CH4/c1-9(2,3)14-8-7(11(12)13)5-4-6-10-8;/h4-6H,1-3H3;1H4. The van der Waals surface area contributed by atoms with Crippen molar-refractivity contribution in [1.82, 2.24) is 4.98 Å². The molecule has 0 saturated carbocycles. The summed E-state index contributed by atoms with van der Waals surface area (Å²) in [6.45, 7) is 5.99. The molecule has 1 aromatic heterocycles. The Morgan fingerprint density at radius 3 is 2.53 bits per heavy atom. The van der Waals surface area contributed by atoms with Gasteiger partial charge < -0.3 is 0 Å². The average molecular weight is 228 g/mol. The van der Waals surface area contributed by atoms with Crippen LogP contribution in [0.3, 0.4) is 0 Å². The van der Waals surface area contributed by atoms with Crippen LogP contribution in [0.5, 0.6) is 0 Å². The highest BCUT2D eigenvalue weighted by atomic mass is 32.2. The van der Waals surface area contributed by atoms with Gasteiger partial charge in [-0.25, -0.2) is 4.98 Å². The van der Waals surface area contributed by atoms with E-state index in [0.717, 1.165) is 0 Å². The van der Waals surface area contributed by atoms with Crippen molar-refractivity contribution in [2.24, 2.45) is 0 Å². The minimum atomic E-state index is -0.402. The van der Waals surface area contributed by atoms with E-state index in [1.807, 2.05) is 20.8 Å². The number of nitrogens with zero attached hydrogens (tertiary/aromatic N) is 2. The van der Waals surface area contributed by atoms with E-state index in [1.165, 1.54) is 17.8 Å². The summed E-state index contributed by atoms with van der Waals surface area (Å²) < 4.78 is -0.0703. The Morgan fingerprint density at radius 1 is 1.47 bits per heavy atom. The predicted molar refractivity (Wildman–Crippen MR) is 63.2 cm³/mol. The van der Waals surface area contributed by atoms with Gasteiger partial charge in [-0.15, -0.1) is 0 Å². The molecule has 0 N–H and O–H groups in total. The Morgan fingerprint density at radius 2 is 2.07 bits per heavy atom. The van der Waals surface area contributed by atoms with Gasteiger partial charge in [-0.2, -0.15) is 0 Å². The van der Waals surface area contributed by atoms with Gasteiger partial charge in [-0.05, 0) is 6.07 Å². The Kier molecular flexibility index (Phi) is 4.74. The zero-order valence-corrected chi connectivity index (χ0v) is 9.17. The third-order valence-electron chi connectivity index (χ3n) is 1.35. The van der Waals surface area contributed by atoms with Crippen molar-refractivity contribution in [1.29, 1.82) is 0 Å². The average Bonchev–Trinajstić information content (AvgIpc) is 2.01. The van der Waals surface area contributed by atoms with Gasteiger partial charge >= 0.3 is 5.69 Å². The van der Waals surface area contributed by atoms with Crippen LogP contribution in [-0.2, 0) is 0 Å². The minimum Gasteiger partial charge on any atom is -0.258 e. The number of hydrogen-bond acceptors (Lipinski definition) is 4. The molecule has 0 unspecified atom stereocenters. The molecule has 0 bridgehead atoms. The highest BCUT2D eigenvalue weighted by molar-refractivity contribution is 8.00. The number of aromatic nitrogens is 1. The van der Waals surface area contributed by atoms with E-state index >= 15 is 0 Å². The zero-order valence-electron chi connectivity index (χ0n) is 8.35. The predicted octanol–water partition coefficient (Wildman–Crippen LogP) is 3.52. The normalized spacial score (nSPS) is 10.6. The van der Waals surface area contributed by atoms with Gasteiger partial charge in [0.2, 0.25) is 0 Å². The first-order chi connectivity index (χ1) is 6.40. The lowest BCUT2D eigenvalue weighted by molar-refractivity contribution is -0.388. The molecule has 1 rings (SSSR count). The van der Waals surface area contributed by atoms with Gasteiger partial charge in [0.15, 0.2) is 5.03 Å². The summed E-state index contributed by atoms with van der Waals surface area (Å²) in [5, 5.41) is 11.1. The molecule has 1 aromatic rings. The Labute approximate surface area is 94.3 Å². The van der Waals surface area contributed by atoms with Crippen LogP contribution in [0.4, 0.5) is 5.69 Å². The van der Waals surface area contributed by atoms with Crippen molar-refractivity contribution in [3.05, 3.63) is 28.4 Å². The second-order valence-electron chi connectivity index (χ2n) is 3.80. The summed E-state index contributed by atoms with van der Waals surface area (Å²) in [5.41, 5.74) is 0.0763. The molecule has 0 aromatic carbocycles. The molecule has 1 heterocycles. The van der Waals surface area contributed by atoms with Crippen molar-refractivity contribution < 1.29 is 4.92 Å². The molecular weight excluding hydrogens is 212 g/mol. The molecule has 0 aliphatic rings. The van der Waals surface area contributed by atoms with Crippen LogP contribution in [0, 0.1) is 10.1 Å². The minimum absolute atomic E-state index is 0. The van der Waals surface area contributed by atoms with E-state index < -0.39 is 4.92 Å². The number of pyridine rings is 1. The highest BCUT2D eigenvalue weighted by Crippen LogP contribution is 2.35. The van der Waals surface area contributed by atoms with E-state index in [2.05, 4.69) is 4.98 Å². The summed E-state index contributed by atoms with van der Waals surface area (Å²) in [6.07, 6.45) is 1.57. The lowest BCUT2D eigenvalue weighted by Gasteiger charge is -2.16. The van der Waals surface area contributed by atoms with Crippen LogP contribution < -0.4 is 0 Å². The van der Waals surface area contributed by atoms with Crippen molar-refractivity contribution in [2.45, 2.75) is 38.0 Å². The zero-order chi connectivity index (χ0) is 10.8. The number of rotatable bonds is 2. The summed E-state index contributed by atoms with van der Waals surface area (Å²) >= 11 is 1.40. The van der Waals surface area contributed by atoms with Gasteiger partial charge in [0.05, 0.1) is 4.92 Å². The molecule has 0 fully saturated rings. The van der Waals surface area contributed by atoms with Crippen molar-refractivity contribution in [3.8, 4) is 0 Å². The second-order valence-corrected chi connectivity index (χ2v) is 5.61. The molecule has 5 heteroatoms. The van der Waals surface area contributed by atoms with Crippen molar-refractivity contribution >= 4 is 17.4 Å². The first kappa shape index (κ1) is 13.9. The van der Waals surface area contributed by atoms with Gasteiger partial charge in [-0.3, -0.25) is 10.1 Å². The molecule has 0 spiro atoms. The topological polar surface area (TPSA) is 56.0 Å².